The quantitative estimate of drug-likeness (QED) is 0.0272. The first-order chi connectivity index (χ1) is 35.5. The second-order valence-electron chi connectivity index (χ2n) is 19.9. The van der Waals surface area contributed by atoms with Gasteiger partial charge in [0.15, 0.2) is 0 Å². The Balaban J connectivity index is 4.23. The number of carbonyl (C=O) groups is 1. The molecule has 3 unspecified atom stereocenters. The molecule has 0 aliphatic rings. The van der Waals surface area contributed by atoms with Gasteiger partial charge in [-0.2, -0.15) is 0 Å². The Morgan fingerprint density at radius 1 is 0.493 bits per heavy atom. The monoisotopic (exact) mass is 1030 g/mol. The van der Waals surface area contributed by atoms with E-state index < -0.39 is 26.6 Å². The number of carbonyl (C=O) groups excluding carboxylic acids is 1. The van der Waals surface area contributed by atoms with Gasteiger partial charge in [-0.3, -0.25) is 9.36 Å². The third-order valence-electron chi connectivity index (χ3n) is 11.8. The van der Waals surface area contributed by atoms with Gasteiger partial charge in [-0.15, -0.1) is 0 Å². The first kappa shape index (κ1) is 69.4. The Morgan fingerprint density at radius 3 is 1.27 bits per heavy atom. The summed E-state index contributed by atoms with van der Waals surface area (Å²) < 4.78 is 23.3. The molecule has 8 nitrogen and oxygen atoms in total. The fraction of sp³-hybridized carbons (Fsp3) is 0.609. The highest BCUT2D eigenvalue weighted by atomic mass is 31.2. The minimum Gasteiger partial charge on any atom is -0.756 e. The Morgan fingerprint density at radius 2 is 0.849 bits per heavy atom. The van der Waals surface area contributed by atoms with Crippen LogP contribution >= 0.6 is 7.82 Å². The average molecular weight is 1030 g/mol. The molecule has 1 amide bonds. The Kier molecular flexibility index (Phi) is 50.6. The molecule has 0 spiro atoms. The van der Waals surface area contributed by atoms with Crippen LogP contribution in [-0.4, -0.2) is 68.5 Å². The van der Waals surface area contributed by atoms with Crippen LogP contribution in [0.25, 0.3) is 0 Å². The van der Waals surface area contributed by atoms with Gasteiger partial charge in [0.25, 0.3) is 7.82 Å². The Bertz CT molecular complexity index is 1690. The minimum atomic E-state index is -4.62. The highest BCUT2D eigenvalue weighted by Gasteiger charge is 2.23. The average Bonchev–Trinajstić information content (AvgIpc) is 3.35. The van der Waals surface area contributed by atoms with Crippen molar-refractivity contribution in [2.45, 2.75) is 212 Å². The molecule has 0 radical (unpaired) electrons. The lowest BCUT2D eigenvalue weighted by Gasteiger charge is -2.29. The zero-order valence-electron chi connectivity index (χ0n) is 47.0. The van der Waals surface area contributed by atoms with Crippen LogP contribution in [-0.2, 0) is 18.4 Å². The molecule has 9 heteroatoms. The fourth-order valence-electron chi connectivity index (χ4n) is 7.31. The highest BCUT2D eigenvalue weighted by Crippen LogP contribution is 2.38. The van der Waals surface area contributed by atoms with Crippen molar-refractivity contribution < 1.29 is 32.9 Å². The number of aliphatic hydroxyl groups excluding tert-OH is 1. The smallest absolute Gasteiger partial charge is 0.268 e. The SMILES string of the molecule is CC/C=C\C/C=C\C/C=C\C/C=C\C/C=C\C/C=C\C/C=C\C/C=C\C/C=C\C/C=C\CCCCCCCCC(=O)NC(COP(=O)([O-])OCC[N+](C)(C)C)C(O)/C=C/CC/C=C/CCCCCCCCCC. The van der Waals surface area contributed by atoms with Gasteiger partial charge >= 0.3 is 0 Å². The van der Waals surface area contributed by atoms with E-state index in [1.54, 1.807) is 6.08 Å². The molecule has 414 valence electrons. The Labute approximate surface area is 449 Å². The molecule has 0 aromatic rings. The predicted molar refractivity (Wildman–Crippen MR) is 315 cm³/mol. The topological polar surface area (TPSA) is 108 Å². The maximum absolute atomic E-state index is 12.9. The summed E-state index contributed by atoms with van der Waals surface area (Å²) in [4.78, 5) is 25.4. The molecule has 0 bridgehead atoms. The number of allylic oxidation sites excluding steroid dienone is 23. The van der Waals surface area contributed by atoms with E-state index in [0.717, 1.165) is 128 Å². The van der Waals surface area contributed by atoms with Crippen LogP contribution in [0.2, 0.25) is 0 Å². The number of aliphatic hydroxyl groups is 1. The van der Waals surface area contributed by atoms with Crippen LogP contribution < -0.4 is 10.2 Å². The zero-order valence-corrected chi connectivity index (χ0v) is 47.9. The summed E-state index contributed by atoms with van der Waals surface area (Å²) in [5.74, 6) is -0.229. The first-order valence-electron chi connectivity index (χ1n) is 28.7. The number of quaternary nitrogens is 1. The largest absolute Gasteiger partial charge is 0.756 e. The number of rotatable bonds is 50. The molecule has 0 saturated heterocycles. The summed E-state index contributed by atoms with van der Waals surface area (Å²) in [6.45, 7) is 4.47. The van der Waals surface area contributed by atoms with E-state index in [2.05, 4.69) is 153 Å². The lowest BCUT2D eigenvalue weighted by molar-refractivity contribution is -0.870. The molecule has 0 heterocycles. The summed E-state index contributed by atoms with van der Waals surface area (Å²) in [7, 11) is 1.21. The van der Waals surface area contributed by atoms with Crippen molar-refractivity contribution in [1.82, 2.24) is 5.32 Å². The second kappa shape index (κ2) is 53.2. The number of unbranched alkanes of at least 4 members (excludes halogenated alkanes) is 15. The van der Waals surface area contributed by atoms with Gasteiger partial charge in [0.2, 0.25) is 5.91 Å². The normalized spacial score (nSPS) is 15.0. The van der Waals surface area contributed by atoms with Gasteiger partial charge in [-0.05, 0) is 109 Å². The van der Waals surface area contributed by atoms with Crippen molar-refractivity contribution in [1.29, 1.82) is 0 Å². The van der Waals surface area contributed by atoms with E-state index in [-0.39, 0.29) is 12.5 Å². The molecule has 0 rings (SSSR count). The molecular weight excluding hydrogens is 924 g/mol. The maximum atomic E-state index is 12.9. The molecule has 0 aliphatic carbocycles. The lowest BCUT2D eigenvalue weighted by Crippen LogP contribution is -2.45. The second-order valence-corrected chi connectivity index (χ2v) is 21.3. The van der Waals surface area contributed by atoms with E-state index in [1.165, 1.54) is 51.4 Å². The summed E-state index contributed by atoms with van der Waals surface area (Å²) in [6.07, 6.45) is 82.1. The van der Waals surface area contributed by atoms with E-state index in [4.69, 9.17) is 9.05 Å². The number of likely N-dealkylation sites (N-methyl/N-ethyl adjacent to an activating group) is 1. The third-order valence-corrected chi connectivity index (χ3v) is 12.7. The van der Waals surface area contributed by atoms with Crippen LogP contribution in [0.4, 0.5) is 0 Å². The molecule has 0 aliphatic heterocycles. The third kappa shape index (κ3) is 56.0. The predicted octanol–water partition coefficient (Wildman–Crippen LogP) is 17.1. The minimum absolute atomic E-state index is 0.0174. The van der Waals surface area contributed by atoms with Crippen LogP contribution in [0.15, 0.2) is 146 Å². The van der Waals surface area contributed by atoms with Crippen molar-refractivity contribution in [3.05, 3.63) is 146 Å². The van der Waals surface area contributed by atoms with Crippen LogP contribution in [0.3, 0.4) is 0 Å². The number of phosphoric acid groups is 1. The lowest BCUT2D eigenvalue weighted by atomic mass is 10.1. The summed E-state index contributed by atoms with van der Waals surface area (Å²) in [5.41, 5.74) is 0. The number of amides is 1. The van der Waals surface area contributed by atoms with Crippen molar-refractivity contribution in [2.24, 2.45) is 0 Å². The van der Waals surface area contributed by atoms with Gasteiger partial charge < -0.3 is 28.8 Å². The van der Waals surface area contributed by atoms with E-state index >= 15 is 0 Å². The zero-order chi connectivity index (χ0) is 53.5. The molecule has 0 aromatic heterocycles. The number of nitrogens with zero attached hydrogens (tertiary/aromatic N) is 1. The maximum Gasteiger partial charge on any atom is 0.268 e. The molecule has 2 N–H and O–H groups in total. The number of phosphoric ester groups is 1. The van der Waals surface area contributed by atoms with Gasteiger partial charge in [-0.25, -0.2) is 0 Å². The van der Waals surface area contributed by atoms with Gasteiger partial charge in [0, 0.05) is 6.42 Å². The molecule has 73 heavy (non-hydrogen) atoms. The highest BCUT2D eigenvalue weighted by molar-refractivity contribution is 7.45. The number of hydrogen-bond acceptors (Lipinski definition) is 6. The summed E-state index contributed by atoms with van der Waals surface area (Å²) >= 11 is 0. The van der Waals surface area contributed by atoms with Crippen molar-refractivity contribution in [3.8, 4) is 0 Å². The van der Waals surface area contributed by atoms with Gasteiger partial charge in [0.05, 0.1) is 39.9 Å². The molecule has 0 fully saturated rings. The van der Waals surface area contributed by atoms with Crippen molar-refractivity contribution >= 4 is 13.7 Å². The number of nitrogens with one attached hydrogen (secondary N) is 1. The van der Waals surface area contributed by atoms with Crippen molar-refractivity contribution in [2.75, 3.05) is 40.9 Å². The summed E-state index contributed by atoms with van der Waals surface area (Å²) in [6, 6.07) is -0.922. The standard InChI is InChI=1S/C64H107N2O6P/c1-6-8-10-12-14-16-18-20-22-23-24-25-26-27-28-29-30-31-32-33-34-35-36-37-38-39-40-41-42-43-44-46-48-50-52-54-56-58-64(68)65-62(61-72-73(69,70)71-60-59-66(3,4)5)63(67)57-55-53-51-49-47-45-21-19-17-15-13-11-9-7-2/h8,10,14,16,20,22,24-25,27-28,30-31,33-34,36-37,39-40,42-43,47,49,55,57,62-63,67H,6-7,9,11-13,15,17-19,21,23,26,29,32,35,38,41,44-46,48,50-54,56,58-61H2,1-5H3,(H-,65,68,69,70)/b10-8-,16-14-,22-20-,25-24-,28-27-,31-30-,34-33-,37-36-,40-39-,43-42-,49-47+,57-55+. The van der Waals surface area contributed by atoms with Crippen LogP contribution in [0.5, 0.6) is 0 Å². The Hall–Kier alpha value is -3.62. The molecule has 0 saturated carbocycles. The summed E-state index contributed by atoms with van der Waals surface area (Å²) in [5, 5.41) is 13.8. The number of hydrogen-bond donors (Lipinski definition) is 2. The van der Waals surface area contributed by atoms with E-state index in [1.807, 2.05) is 27.2 Å². The first-order valence-corrected chi connectivity index (χ1v) is 30.2. The fourth-order valence-corrected chi connectivity index (χ4v) is 8.04. The van der Waals surface area contributed by atoms with Crippen LogP contribution in [0, 0.1) is 0 Å². The molecule has 3 atom stereocenters. The molecular formula is C64H107N2O6P. The molecule has 0 aromatic carbocycles. The van der Waals surface area contributed by atoms with Gasteiger partial charge in [-0.1, -0.05) is 230 Å². The van der Waals surface area contributed by atoms with Gasteiger partial charge in [0.1, 0.15) is 13.2 Å². The van der Waals surface area contributed by atoms with Crippen LogP contribution in [0.1, 0.15) is 200 Å². The van der Waals surface area contributed by atoms with Crippen molar-refractivity contribution in [3.63, 3.8) is 0 Å². The van der Waals surface area contributed by atoms with E-state index in [9.17, 15) is 19.4 Å². The van der Waals surface area contributed by atoms with E-state index in [0.29, 0.717) is 17.4 Å².